The minimum absolute atomic E-state index is 0.0144. The third-order valence-corrected chi connectivity index (χ3v) is 4.05. The molecule has 9 heteroatoms. The third kappa shape index (κ3) is 3.47. The van der Waals surface area contributed by atoms with E-state index >= 15 is 0 Å². The summed E-state index contributed by atoms with van der Waals surface area (Å²) >= 11 is 0. The number of hydrogen-bond donors (Lipinski definition) is 1. The van der Waals surface area contributed by atoms with Crippen molar-refractivity contribution in [1.82, 2.24) is 5.32 Å². The summed E-state index contributed by atoms with van der Waals surface area (Å²) in [6.07, 6.45) is 0.0822. The third-order valence-electron chi connectivity index (χ3n) is 4.05. The second-order valence-electron chi connectivity index (χ2n) is 5.86. The molecule has 2 aromatic rings. The van der Waals surface area contributed by atoms with E-state index < -0.39 is 28.4 Å². The molecule has 1 heterocycles. The zero-order valence-corrected chi connectivity index (χ0v) is 14.4. The summed E-state index contributed by atoms with van der Waals surface area (Å²) in [7, 11) is 1.29. The van der Waals surface area contributed by atoms with E-state index in [9.17, 15) is 24.5 Å². The topological polar surface area (TPSA) is 125 Å². The van der Waals surface area contributed by atoms with Gasteiger partial charge in [0.1, 0.15) is 5.75 Å². The van der Waals surface area contributed by atoms with Crippen molar-refractivity contribution < 1.29 is 28.8 Å². The fourth-order valence-electron chi connectivity index (χ4n) is 2.70. The van der Waals surface area contributed by atoms with Crippen LogP contribution < -0.4 is 10.1 Å². The van der Waals surface area contributed by atoms with Gasteiger partial charge in [0.15, 0.2) is 0 Å². The van der Waals surface area contributed by atoms with E-state index in [1.54, 1.807) is 25.1 Å². The predicted octanol–water partition coefficient (Wildman–Crippen LogP) is 2.29. The highest BCUT2D eigenvalue weighted by Gasteiger charge is 2.32. The van der Waals surface area contributed by atoms with E-state index in [-0.39, 0.29) is 23.3 Å². The van der Waals surface area contributed by atoms with E-state index in [0.717, 1.165) is 6.07 Å². The minimum Gasteiger partial charge on any atom is -0.469 e. The van der Waals surface area contributed by atoms with Gasteiger partial charge in [-0.3, -0.25) is 29.8 Å². The molecule has 9 nitrogen and oxygen atoms in total. The molecular formula is C18H14N2O7. The maximum Gasteiger partial charge on any atom is 0.312 e. The fraction of sp³-hybridized carbons (Fsp3) is 0.167. The van der Waals surface area contributed by atoms with Crippen molar-refractivity contribution in [1.29, 1.82) is 0 Å². The molecule has 0 radical (unpaired) electrons. The standard InChI is InChI=1S/C18H14N2O7/c1-9-5-10(6-16(21)26-2)3-4-14(9)27-15-8-12-11(7-13(15)20(24)25)17(22)19-18(12)23/h3-5,7-8H,6H2,1-2H3,(H,19,22,23). The largest absolute Gasteiger partial charge is 0.469 e. The summed E-state index contributed by atoms with van der Waals surface area (Å²) in [5, 5.41) is 13.4. The molecule has 1 aliphatic heterocycles. The molecule has 138 valence electrons. The van der Waals surface area contributed by atoms with Gasteiger partial charge in [-0.15, -0.1) is 0 Å². The number of nitrogens with one attached hydrogen (secondary N) is 1. The number of amides is 2. The summed E-state index contributed by atoms with van der Waals surface area (Å²) in [5.74, 6) is -1.57. The number of carbonyl (C=O) groups excluding carboxylic acids is 3. The molecule has 0 bridgehead atoms. The number of fused-ring (bicyclic) bond motifs is 1. The lowest BCUT2D eigenvalue weighted by Crippen LogP contribution is -2.19. The van der Waals surface area contributed by atoms with Crippen LogP contribution in [0.3, 0.4) is 0 Å². The Kier molecular flexibility index (Phi) is 4.59. The number of methoxy groups -OCH3 is 1. The van der Waals surface area contributed by atoms with Crippen LogP contribution in [0.5, 0.6) is 11.5 Å². The molecule has 2 aromatic carbocycles. The first-order valence-electron chi connectivity index (χ1n) is 7.82. The van der Waals surface area contributed by atoms with Crippen LogP contribution in [0.15, 0.2) is 30.3 Å². The second-order valence-corrected chi connectivity index (χ2v) is 5.86. The molecule has 0 aliphatic carbocycles. The van der Waals surface area contributed by atoms with E-state index in [4.69, 9.17) is 4.74 Å². The van der Waals surface area contributed by atoms with Crippen LogP contribution >= 0.6 is 0 Å². The van der Waals surface area contributed by atoms with Gasteiger partial charge < -0.3 is 9.47 Å². The maximum absolute atomic E-state index is 11.8. The summed E-state index contributed by atoms with van der Waals surface area (Å²) in [6, 6.07) is 7.09. The number of ether oxygens (including phenoxy) is 2. The van der Waals surface area contributed by atoms with Crippen molar-refractivity contribution in [2.45, 2.75) is 13.3 Å². The zero-order chi connectivity index (χ0) is 19.7. The smallest absolute Gasteiger partial charge is 0.312 e. The Balaban J connectivity index is 1.97. The molecule has 0 atom stereocenters. The van der Waals surface area contributed by atoms with Crippen LogP contribution in [-0.2, 0) is 16.0 Å². The number of aryl methyl sites for hydroxylation is 1. The number of benzene rings is 2. The van der Waals surface area contributed by atoms with Crippen molar-refractivity contribution in [2.75, 3.05) is 7.11 Å². The quantitative estimate of drug-likeness (QED) is 0.370. The first-order valence-corrected chi connectivity index (χ1v) is 7.82. The highest BCUT2D eigenvalue weighted by atomic mass is 16.6. The molecule has 27 heavy (non-hydrogen) atoms. The number of imide groups is 1. The number of carbonyl (C=O) groups is 3. The summed E-state index contributed by atoms with van der Waals surface area (Å²) < 4.78 is 10.3. The summed E-state index contributed by atoms with van der Waals surface area (Å²) in [6.45, 7) is 1.71. The lowest BCUT2D eigenvalue weighted by Gasteiger charge is -2.11. The lowest BCUT2D eigenvalue weighted by molar-refractivity contribution is -0.385. The van der Waals surface area contributed by atoms with Gasteiger partial charge in [-0.2, -0.15) is 0 Å². The van der Waals surface area contributed by atoms with E-state index in [1.807, 2.05) is 0 Å². The number of nitrogens with zero attached hydrogens (tertiary/aromatic N) is 1. The molecule has 0 spiro atoms. The Morgan fingerprint density at radius 2 is 1.78 bits per heavy atom. The van der Waals surface area contributed by atoms with Gasteiger partial charge in [0.25, 0.3) is 11.8 Å². The molecule has 0 unspecified atom stereocenters. The Hall–Kier alpha value is -3.75. The lowest BCUT2D eigenvalue weighted by atomic mass is 10.1. The van der Waals surface area contributed by atoms with Gasteiger partial charge in [0.05, 0.1) is 29.6 Å². The first-order chi connectivity index (χ1) is 12.8. The average Bonchev–Trinajstić information content (AvgIpc) is 2.90. The van der Waals surface area contributed by atoms with E-state index in [1.165, 1.54) is 13.2 Å². The van der Waals surface area contributed by atoms with E-state index in [0.29, 0.717) is 16.9 Å². The second kappa shape index (κ2) is 6.87. The number of hydrogen-bond acceptors (Lipinski definition) is 7. The Morgan fingerprint density at radius 3 is 2.37 bits per heavy atom. The van der Waals surface area contributed by atoms with Crippen LogP contribution in [0.25, 0.3) is 0 Å². The number of esters is 1. The molecule has 1 aliphatic rings. The summed E-state index contributed by atoms with van der Waals surface area (Å²) in [4.78, 5) is 45.5. The Bertz CT molecular complexity index is 997. The average molecular weight is 370 g/mol. The zero-order valence-electron chi connectivity index (χ0n) is 14.4. The molecule has 0 saturated carbocycles. The molecule has 0 saturated heterocycles. The van der Waals surface area contributed by atoms with Gasteiger partial charge in [-0.25, -0.2) is 0 Å². The Morgan fingerprint density at radius 1 is 1.11 bits per heavy atom. The van der Waals surface area contributed by atoms with Crippen LogP contribution in [0.2, 0.25) is 0 Å². The predicted molar refractivity (Wildman–Crippen MR) is 91.9 cm³/mol. The number of nitro groups is 1. The van der Waals surface area contributed by atoms with Crippen molar-refractivity contribution >= 4 is 23.5 Å². The summed E-state index contributed by atoms with van der Waals surface area (Å²) in [5.41, 5.74) is 0.841. The minimum atomic E-state index is -0.688. The van der Waals surface area contributed by atoms with Gasteiger partial charge in [-0.05, 0) is 24.1 Å². The number of nitro benzene ring substituents is 1. The van der Waals surface area contributed by atoms with Gasteiger partial charge in [-0.1, -0.05) is 12.1 Å². The number of rotatable bonds is 5. The van der Waals surface area contributed by atoms with Crippen molar-refractivity contribution in [3.05, 3.63) is 62.7 Å². The maximum atomic E-state index is 11.8. The molecular weight excluding hydrogens is 356 g/mol. The molecule has 0 aromatic heterocycles. The Labute approximate surface area is 153 Å². The molecule has 1 N–H and O–H groups in total. The van der Waals surface area contributed by atoms with E-state index in [2.05, 4.69) is 10.1 Å². The molecule has 0 fully saturated rings. The van der Waals surface area contributed by atoms with Gasteiger partial charge in [0, 0.05) is 12.1 Å². The van der Waals surface area contributed by atoms with Gasteiger partial charge >= 0.3 is 11.7 Å². The van der Waals surface area contributed by atoms with Crippen molar-refractivity contribution in [3.63, 3.8) is 0 Å². The first kappa shape index (κ1) is 18.1. The molecule has 2 amide bonds. The monoisotopic (exact) mass is 370 g/mol. The van der Waals surface area contributed by atoms with Crippen molar-refractivity contribution in [3.8, 4) is 11.5 Å². The van der Waals surface area contributed by atoms with Gasteiger partial charge in [0.2, 0.25) is 5.75 Å². The molecule has 3 rings (SSSR count). The SMILES string of the molecule is COC(=O)Cc1ccc(Oc2cc3c(cc2[N+](=O)[O-])C(=O)NC3=O)c(C)c1. The highest BCUT2D eigenvalue weighted by Crippen LogP contribution is 2.36. The van der Waals surface area contributed by atoms with Crippen LogP contribution in [0.4, 0.5) is 5.69 Å². The van der Waals surface area contributed by atoms with Crippen LogP contribution in [-0.4, -0.2) is 29.8 Å². The highest BCUT2D eigenvalue weighted by molar-refractivity contribution is 6.22. The van der Waals surface area contributed by atoms with Crippen LogP contribution in [0.1, 0.15) is 31.8 Å². The van der Waals surface area contributed by atoms with Crippen LogP contribution in [0, 0.1) is 17.0 Å². The normalized spacial score (nSPS) is 12.4. The van der Waals surface area contributed by atoms with Crippen molar-refractivity contribution in [2.24, 2.45) is 0 Å². The fourth-order valence-corrected chi connectivity index (χ4v) is 2.70.